The lowest BCUT2D eigenvalue weighted by Crippen LogP contribution is -2.14. The summed E-state index contributed by atoms with van der Waals surface area (Å²) in [6.45, 7) is 5.14. The predicted octanol–water partition coefficient (Wildman–Crippen LogP) is 3.53. The molecule has 0 fully saturated rings. The summed E-state index contributed by atoms with van der Waals surface area (Å²) in [4.78, 5) is 1.21. The fraction of sp³-hybridized carbons (Fsp3) is 0.462. The number of hydrogen-bond donors (Lipinski definition) is 1. The van der Waals surface area contributed by atoms with Crippen molar-refractivity contribution in [2.45, 2.75) is 39.3 Å². The Balaban J connectivity index is 2.15. The number of nitrogens with two attached hydrogens (primary N) is 1. The molecule has 0 radical (unpaired) electrons. The second kappa shape index (κ2) is 5.99. The van der Waals surface area contributed by atoms with Crippen molar-refractivity contribution in [3.05, 3.63) is 38.3 Å². The van der Waals surface area contributed by atoms with Crippen LogP contribution in [0.25, 0.3) is 0 Å². The number of aryl methyl sites for hydroxylation is 2. The van der Waals surface area contributed by atoms with Gasteiger partial charge in [0.2, 0.25) is 0 Å². The van der Waals surface area contributed by atoms with Crippen LogP contribution in [-0.2, 0) is 19.4 Å². The molecule has 0 amide bonds. The van der Waals surface area contributed by atoms with Crippen LogP contribution in [0.3, 0.4) is 0 Å². The predicted molar refractivity (Wildman–Crippen MR) is 79.9 cm³/mol. The third kappa shape index (κ3) is 3.02. The van der Waals surface area contributed by atoms with E-state index in [1.807, 2.05) is 0 Å². The summed E-state index contributed by atoms with van der Waals surface area (Å²) < 4.78 is 3.19. The van der Waals surface area contributed by atoms with Gasteiger partial charge in [-0.15, -0.1) is 11.3 Å². The molecule has 1 unspecified atom stereocenters. The van der Waals surface area contributed by atoms with E-state index in [-0.39, 0.29) is 6.04 Å². The van der Waals surface area contributed by atoms with Crippen LogP contribution in [0.5, 0.6) is 0 Å². The Morgan fingerprint density at radius 3 is 2.78 bits per heavy atom. The van der Waals surface area contributed by atoms with Gasteiger partial charge in [-0.05, 0) is 47.5 Å². The maximum absolute atomic E-state index is 6.26. The number of rotatable bonds is 5. The molecule has 2 heterocycles. The summed E-state index contributed by atoms with van der Waals surface area (Å²) in [5.74, 6) is 0. The Bertz CT molecular complexity index is 518. The van der Waals surface area contributed by atoms with Crippen molar-refractivity contribution >= 4 is 27.3 Å². The Labute approximate surface area is 120 Å². The number of halogens is 1. The van der Waals surface area contributed by atoms with E-state index in [2.05, 4.69) is 57.8 Å². The van der Waals surface area contributed by atoms with Gasteiger partial charge in [0, 0.05) is 29.6 Å². The van der Waals surface area contributed by atoms with Crippen LogP contribution in [0.2, 0.25) is 0 Å². The summed E-state index contributed by atoms with van der Waals surface area (Å²) in [5, 5.41) is 4.55. The van der Waals surface area contributed by atoms with Crippen molar-refractivity contribution in [2.24, 2.45) is 5.73 Å². The molecular weight excluding hydrogens is 310 g/mol. The average Bonchev–Trinajstić information content (AvgIpc) is 2.95. The van der Waals surface area contributed by atoms with Gasteiger partial charge in [0.25, 0.3) is 0 Å². The van der Waals surface area contributed by atoms with Crippen LogP contribution in [0.1, 0.15) is 36.2 Å². The van der Waals surface area contributed by atoms with Crippen LogP contribution in [0, 0.1) is 0 Å². The monoisotopic (exact) mass is 327 g/mol. The number of hydrogen-bond acceptors (Lipinski definition) is 3. The Kier molecular flexibility index (Phi) is 4.59. The van der Waals surface area contributed by atoms with Crippen molar-refractivity contribution in [1.82, 2.24) is 9.78 Å². The third-order valence-corrected chi connectivity index (χ3v) is 4.72. The van der Waals surface area contributed by atoms with Crippen LogP contribution >= 0.6 is 27.3 Å². The lowest BCUT2D eigenvalue weighted by molar-refractivity contribution is 0.588. The van der Waals surface area contributed by atoms with Crippen molar-refractivity contribution < 1.29 is 0 Å². The summed E-state index contributed by atoms with van der Waals surface area (Å²) >= 11 is 5.18. The molecule has 5 heteroatoms. The molecule has 0 aliphatic carbocycles. The fourth-order valence-corrected chi connectivity index (χ4v) is 3.40. The minimum atomic E-state index is 0.0491. The molecule has 0 saturated heterocycles. The van der Waals surface area contributed by atoms with Crippen LogP contribution < -0.4 is 5.73 Å². The number of nitrogens with zero attached hydrogens (tertiary/aromatic N) is 2. The molecule has 0 aliphatic rings. The van der Waals surface area contributed by atoms with Gasteiger partial charge in [-0.2, -0.15) is 5.10 Å². The highest BCUT2D eigenvalue weighted by molar-refractivity contribution is 9.11. The summed E-state index contributed by atoms with van der Waals surface area (Å²) in [6.07, 6.45) is 1.81. The zero-order valence-corrected chi connectivity index (χ0v) is 13.1. The van der Waals surface area contributed by atoms with Crippen LogP contribution in [0.4, 0.5) is 0 Å². The number of thiophene rings is 1. The Hall–Kier alpha value is -0.650. The maximum atomic E-state index is 6.26. The Morgan fingerprint density at radius 2 is 2.22 bits per heavy atom. The highest BCUT2D eigenvalue weighted by atomic mass is 79.9. The molecule has 0 aliphatic heterocycles. The van der Waals surface area contributed by atoms with Gasteiger partial charge in [-0.1, -0.05) is 6.92 Å². The van der Waals surface area contributed by atoms with E-state index in [0.717, 1.165) is 28.9 Å². The summed E-state index contributed by atoms with van der Waals surface area (Å²) in [7, 11) is 0. The van der Waals surface area contributed by atoms with Gasteiger partial charge in [0.15, 0.2) is 0 Å². The smallest absolute Gasteiger partial charge is 0.0701 e. The molecule has 2 aromatic rings. The summed E-state index contributed by atoms with van der Waals surface area (Å²) in [5.41, 5.74) is 8.64. The standard InChI is InChI=1S/C13H18BrN3S/c1-3-9-7-10(17(4-2)16-9)8-11(15)12-5-6-13(14)18-12/h5-7,11H,3-4,8,15H2,1-2H3. The highest BCUT2D eigenvalue weighted by Crippen LogP contribution is 2.28. The molecular formula is C13H18BrN3S. The fourth-order valence-electron chi connectivity index (χ4n) is 1.98. The lowest BCUT2D eigenvalue weighted by Gasteiger charge is -2.10. The van der Waals surface area contributed by atoms with Gasteiger partial charge >= 0.3 is 0 Å². The third-order valence-electron chi connectivity index (χ3n) is 2.96. The maximum Gasteiger partial charge on any atom is 0.0701 e. The molecule has 2 N–H and O–H groups in total. The van der Waals surface area contributed by atoms with E-state index in [1.165, 1.54) is 10.6 Å². The van der Waals surface area contributed by atoms with E-state index in [1.54, 1.807) is 11.3 Å². The van der Waals surface area contributed by atoms with Gasteiger partial charge in [-0.3, -0.25) is 4.68 Å². The first-order valence-electron chi connectivity index (χ1n) is 6.20. The SMILES string of the molecule is CCc1cc(CC(N)c2ccc(Br)s2)n(CC)n1. The van der Waals surface area contributed by atoms with E-state index < -0.39 is 0 Å². The first-order valence-corrected chi connectivity index (χ1v) is 7.81. The van der Waals surface area contributed by atoms with Crippen LogP contribution in [-0.4, -0.2) is 9.78 Å². The first kappa shape index (κ1) is 13.8. The molecule has 18 heavy (non-hydrogen) atoms. The minimum absolute atomic E-state index is 0.0491. The lowest BCUT2D eigenvalue weighted by atomic mass is 10.1. The Morgan fingerprint density at radius 1 is 1.44 bits per heavy atom. The molecule has 3 nitrogen and oxygen atoms in total. The van der Waals surface area contributed by atoms with Crippen LogP contribution in [0.15, 0.2) is 22.0 Å². The first-order chi connectivity index (χ1) is 8.63. The van der Waals surface area contributed by atoms with E-state index in [4.69, 9.17) is 5.73 Å². The molecule has 2 aromatic heterocycles. The molecule has 0 spiro atoms. The van der Waals surface area contributed by atoms with Gasteiger partial charge in [0.1, 0.15) is 0 Å². The van der Waals surface area contributed by atoms with E-state index in [0.29, 0.717) is 0 Å². The quantitative estimate of drug-likeness (QED) is 0.912. The normalized spacial score (nSPS) is 12.9. The molecule has 0 bridgehead atoms. The van der Waals surface area contributed by atoms with Crippen molar-refractivity contribution in [3.8, 4) is 0 Å². The molecule has 98 valence electrons. The van der Waals surface area contributed by atoms with E-state index in [9.17, 15) is 0 Å². The highest BCUT2D eigenvalue weighted by Gasteiger charge is 2.13. The number of aromatic nitrogens is 2. The van der Waals surface area contributed by atoms with E-state index >= 15 is 0 Å². The van der Waals surface area contributed by atoms with Crippen molar-refractivity contribution in [1.29, 1.82) is 0 Å². The molecule has 2 rings (SSSR count). The van der Waals surface area contributed by atoms with Gasteiger partial charge in [0.05, 0.1) is 9.48 Å². The van der Waals surface area contributed by atoms with Crippen molar-refractivity contribution in [3.63, 3.8) is 0 Å². The largest absolute Gasteiger partial charge is 0.323 e. The second-order valence-corrected chi connectivity index (χ2v) is 6.74. The molecule has 0 saturated carbocycles. The second-order valence-electron chi connectivity index (χ2n) is 4.25. The zero-order valence-electron chi connectivity index (χ0n) is 10.7. The molecule has 1 atom stereocenters. The molecule has 0 aromatic carbocycles. The summed E-state index contributed by atoms with van der Waals surface area (Å²) in [6, 6.07) is 6.36. The average molecular weight is 328 g/mol. The minimum Gasteiger partial charge on any atom is -0.323 e. The van der Waals surface area contributed by atoms with Gasteiger partial charge < -0.3 is 5.73 Å². The zero-order chi connectivity index (χ0) is 13.1. The van der Waals surface area contributed by atoms with Crippen molar-refractivity contribution in [2.75, 3.05) is 0 Å². The topological polar surface area (TPSA) is 43.8 Å². The van der Waals surface area contributed by atoms with Gasteiger partial charge in [-0.25, -0.2) is 0 Å².